The van der Waals surface area contributed by atoms with Gasteiger partial charge in [0.2, 0.25) is 5.91 Å². The van der Waals surface area contributed by atoms with Crippen LogP contribution in [0.2, 0.25) is 0 Å². The topological polar surface area (TPSA) is 68.3 Å². The van der Waals surface area contributed by atoms with Gasteiger partial charge in [-0.25, -0.2) is 0 Å². The Hall–Kier alpha value is -1.00. The van der Waals surface area contributed by atoms with E-state index >= 15 is 0 Å². The first kappa shape index (κ1) is 16.1. The quantitative estimate of drug-likeness (QED) is 0.894. The Kier molecular flexibility index (Phi) is 6.38. The van der Waals surface area contributed by atoms with Gasteiger partial charge >= 0.3 is 0 Å². The number of carbonyl (C=O) groups is 1. The normalized spacial score (nSPS) is 24.3. The second-order valence-corrected chi connectivity index (χ2v) is 5.20. The molecule has 19 heavy (non-hydrogen) atoms. The minimum atomic E-state index is -0.0558. The minimum absolute atomic E-state index is 0. The maximum atomic E-state index is 12.1. The summed E-state index contributed by atoms with van der Waals surface area (Å²) in [6, 6.07) is 3.67. The third-order valence-corrected chi connectivity index (χ3v) is 3.88. The van der Waals surface area contributed by atoms with Gasteiger partial charge in [-0.1, -0.05) is 0 Å². The van der Waals surface area contributed by atoms with Crippen molar-refractivity contribution in [2.45, 2.75) is 38.6 Å². The average molecular weight is 287 g/mol. The molecule has 1 amide bonds. The molecule has 108 valence electrons. The predicted octanol–water partition coefficient (Wildman–Crippen LogP) is 2.64. The van der Waals surface area contributed by atoms with E-state index < -0.39 is 0 Å². The number of furan rings is 1. The van der Waals surface area contributed by atoms with Gasteiger partial charge in [0, 0.05) is 5.92 Å². The maximum Gasteiger partial charge on any atom is 0.223 e. The van der Waals surface area contributed by atoms with Crippen LogP contribution >= 0.6 is 12.4 Å². The molecular formula is C14H23ClN2O2. The van der Waals surface area contributed by atoms with Gasteiger partial charge in [0.1, 0.15) is 5.76 Å². The van der Waals surface area contributed by atoms with Crippen LogP contribution in [0, 0.1) is 11.8 Å². The summed E-state index contributed by atoms with van der Waals surface area (Å²) in [5.74, 6) is 1.70. The first-order chi connectivity index (χ1) is 8.70. The second-order valence-electron chi connectivity index (χ2n) is 5.20. The lowest BCUT2D eigenvalue weighted by atomic mass is 9.81. The first-order valence-corrected chi connectivity index (χ1v) is 6.74. The standard InChI is InChI=1S/C14H22N2O2.ClH/c1-10(13-3-2-8-18-13)16-14(17)12-6-4-11(9-15)5-7-12;/h2-3,8,10-12H,4-7,9,15H2,1H3,(H,16,17);1H. The van der Waals surface area contributed by atoms with Crippen LogP contribution in [-0.4, -0.2) is 12.5 Å². The van der Waals surface area contributed by atoms with E-state index in [2.05, 4.69) is 5.32 Å². The summed E-state index contributed by atoms with van der Waals surface area (Å²) >= 11 is 0. The molecule has 1 aliphatic carbocycles. The van der Waals surface area contributed by atoms with Crippen molar-refractivity contribution in [1.29, 1.82) is 0 Å². The van der Waals surface area contributed by atoms with Gasteiger partial charge in [-0.2, -0.15) is 0 Å². The molecule has 3 N–H and O–H groups in total. The van der Waals surface area contributed by atoms with E-state index in [9.17, 15) is 4.79 Å². The highest BCUT2D eigenvalue weighted by molar-refractivity contribution is 5.85. The molecule has 1 atom stereocenters. The van der Waals surface area contributed by atoms with E-state index in [1.54, 1.807) is 6.26 Å². The van der Waals surface area contributed by atoms with Gasteiger partial charge in [-0.05, 0) is 57.2 Å². The summed E-state index contributed by atoms with van der Waals surface area (Å²) in [5.41, 5.74) is 5.66. The molecule has 1 heterocycles. The zero-order valence-corrected chi connectivity index (χ0v) is 12.1. The van der Waals surface area contributed by atoms with Crippen molar-refractivity contribution in [1.82, 2.24) is 5.32 Å². The van der Waals surface area contributed by atoms with Crippen LogP contribution in [0.15, 0.2) is 22.8 Å². The molecule has 1 aromatic heterocycles. The molecule has 2 rings (SSSR count). The van der Waals surface area contributed by atoms with Crippen LogP contribution in [0.5, 0.6) is 0 Å². The lowest BCUT2D eigenvalue weighted by Crippen LogP contribution is -2.35. The molecule has 0 radical (unpaired) electrons. The molecule has 4 nitrogen and oxygen atoms in total. The molecule has 5 heteroatoms. The lowest BCUT2D eigenvalue weighted by Gasteiger charge is -2.27. The molecule has 0 saturated heterocycles. The van der Waals surface area contributed by atoms with Crippen LogP contribution in [0.3, 0.4) is 0 Å². The van der Waals surface area contributed by atoms with Gasteiger partial charge in [0.15, 0.2) is 0 Å². The Morgan fingerprint density at radius 3 is 2.68 bits per heavy atom. The van der Waals surface area contributed by atoms with Gasteiger partial charge in [0.05, 0.1) is 12.3 Å². The Morgan fingerprint density at radius 2 is 2.16 bits per heavy atom. The molecule has 0 spiro atoms. The van der Waals surface area contributed by atoms with Crippen molar-refractivity contribution in [3.05, 3.63) is 24.2 Å². The molecule has 0 aliphatic heterocycles. The number of hydrogen-bond acceptors (Lipinski definition) is 3. The van der Waals surface area contributed by atoms with Crippen LogP contribution < -0.4 is 11.1 Å². The summed E-state index contributed by atoms with van der Waals surface area (Å²) < 4.78 is 5.29. The zero-order valence-electron chi connectivity index (χ0n) is 11.3. The fourth-order valence-corrected chi connectivity index (χ4v) is 2.60. The number of rotatable bonds is 4. The van der Waals surface area contributed by atoms with Crippen LogP contribution in [0.1, 0.15) is 44.4 Å². The number of amides is 1. The van der Waals surface area contributed by atoms with Gasteiger partial charge in [-0.15, -0.1) is 12.4 Å². The molecular weight excluding hydrogens is 264 g/mol. The SMILES string of the molecule is CC(NC(=O)C1CCC(CN)CC1)c1ccco1.Cl. The minimum Gasteiger partial charge on any atom is -0.467 e. The maximum absolute atomic E-state index is 12.1. The highest BCUT2D eigenvalue weighted by Crippen LogP contribution is 2.28. The van der Waals surface area contributed by atoms with Crippen molar-refractivity contribution in [2.24, 2.45) is 17.6 Å². The van der Waals surface area contributed by atoms with Crippen LogP contribution in [-0.2, 0) is 4.79 Å². The summed E-state index contributed by atoms with van der Waals surface area (Å²) in [4.78, 5) is 12.1. The summed E-state index contributed by atoms with van der Waals surface area (Å²) in [6.07, 6.45) is 5.69. The van der Waals surface area contributed by atoms with E-state index in [0.717, 1.165) is 38.0 Å². The van der Waals surface area contributed by atoms with E-state index in [0.29, 0.717) is 5.92 Å². The fraction of sp³-hybridized carbons (Fsp3) is 0.643. The summed E-state index contributed by atoms with van der Waals surface area (Å²) in [6.45, 7) is 2.69. The number of hydrogen-bond donors (Lipinski definition) is 2. The van der Waals surface area contributed by atoms with Crippen molar-refractivity contribution in [3.63, 3.8) is 0 Å². The summed E-state index contributed by atoms with van der Waals surface area (Å²) in [5, 5.41) is 3.02. The van der Waals surface area contributed by atoms with E-state index in [1.165, 1.54) is 0 Å². The number of carbonyl (C=O) groups excluding carboxylic acids is 1. The van der Waals surface area contributed by atoms with Gasteiger partial charge in [-0.3, -0.25) is 4.79 Å². The largest absolute Gasteiger partial charge is 0.467 e. The molecule has 1 saturated carbocycles. The molecule has 0 bridgehead atoms. The molecule has 1 unspecified atom stereocenters. The lowest BCUT2D eigenvalue weighted by molar-refractivity contribution is -0.127. The smallest absolute Gasteiger partial charge is 0.223 e. The van der Waals surface area contributed by atoms with Gasteiger partial charge in [0.25, 0.3) is 0 Å². The van der Waals surface area contributed by atoms with E-state index in [4.69, 9.17) is 10.2 Å². The van der Waals surface area contributed by atoms with Crippen molar-refractivity contribution < 1.29 is 9.21 Å². The molecule has 1 fully saturated rings. The predicted molar refractivity (Wildman–Crippen MR) is 77.0 cm³/mol. The Labute approximate surface area is 120 Å². The van der Waals surface area contributed by atoms with Crippen molar-refractivity contribution >= 4 is 18.3 Å². The van der Waals surface area contributed by atoms with Crippen molar-refractivity contribution in [2.75, 3.05) is 6.54 Å². The van der Waals surface area contributed by atoms with Crippen LogP contribution in [0.25, 0.3) is 0 Å². The van der Waals surface area contributed by atoms with Gasteiger partial charge < -0.3 is 15.5 Å². The number of nitrogens with one attached hydrogen (secondary N) is 1. The Morgan fingerprint density at radius 1 is 1.47 bits per heavy atom. The number of nitrogens with two attached hydrogens (primary N) is 1. The van der Waals surface area contributed by atoms with E-state index in [-0.39, 0.29) is 30.3 Å². The fourth-order valence-electron chi connectivity index (χ4n) is 2.60. The molecule has 1 aromatic rings. The average Bonchev–Trinajstić information content (AvgIpc) is 2.92. The monoisotopic (exact) mass is 286 g/mol. The number of halogens is 1. The second kappa shape index (κ2) is 7.56. The third-order valence-electron chi connectivity index (χ3n) is 3.88. The summed E-state index contributed by atoms with van der Waals surface area (Å²) in [7, 11) is 0. The molecule has 0 aromatic carbocycles. The molecule has 1 aliphatic rings. The zero-order chi connectivity index (χ0) is 13.0. The highest BCUT2D eigenvalue weighted by Gasteiger charge is 2.26. The first-order valence-electron chi connectivity index (χ1n) is 6.74. The van der Waals surface area contributed by atoms with Crippen LogP contribution in [0.4, 0.5) is 0 Å². The van der Waals surface area contributed by atoms with Crippen molar-refractivity contribution in [3.8, 4) is 0 Å². The Balaban J connectivity index is 0.00000180. The Bertz CT molecular complexity index is 373. The highest BCUT2D eigenvalue weighted by atomic mass is 35.5. The third kappa shape index (κ3) is 4.25. The van der Waals surface area contributed by atoms with E-state index in [1.807, 2.05) is 19.1 Å².